The number of hydrogen-bond donors (Lipinski definition) is 1. The Kier molecular flexibility index (Phi) is 3.28. The Hall–Kier alpha value is -1.42. The Balaban J connectivity index is 1.57. The van der Waals surface area contributed by atoms with Crippen LogP contribution in [-0.2, 0) is 19.4 Å². The highest BCUT2D eigenvalue weighted by Crippen LogP contribution is 2.27. The molecule has 0 radical (unpaired) electrons. The number of rotatable bonds is 4. The molecule has 3 nitrogen and oxygen atoms in total. The van der Waals surface area contributed by atoms with Crippen molar-refractivity contribution in [1.82, 2.24) is 9.78 Å². The Morgan fingerprint density at radius 3 is 2.94 bits per heavy atom. The first-order valence-electron chi connectivity index (χ1n) is 6.35. The topological polar surface area (TPSA) is 43.8 Å². The first-order chi connectivity index (χ1) is 8.81. The Morgan fingerprint density at radius 2 is 2.11 bits per heavy atom. The number of benzene rings is 1. The van der Waals surface area contributed by atoms with Gasteiger partial charge in [-0.3, -0.25) is 4.68 Å². The van der Waals surface area contributed by atoms with Crippen molar-refractivity contribution in [2.45, 2.75) is 30.7 Å². The number of nitrogen functional groups attached to an aromatic ring is 1. The van der Waals surface area contributed by atoms with Crippen LogP contribution in [0.2, 0.25) is 0 Å². The van der Waals surface area contributed by atoms with Crippen LogP contribution in [0.1, 0.15) is 17.5 Å². The molecule has 3 rings (SSSR count). The number of nitrogens with zero attached hydrogens (tertiary/aromatic N) is 2. The molecule has 1 aliphatic rings. The van der Waals surface area contributed by atoms with Gasteiger partial charge in [-0.2, -0.15) is 5.10 Å². The van der Waals surface area contributed by atoms with Crippen LogP contribution in [0.4, 0.5) is 5.82 Å². The summed E-state index contributed by atoms with van der Waals surface area (Å²) in [6, 6.07) is 8.72. The van der Waals surface area contributed by atoms with Crippen molar-refractivity contribution in [3.8, 4) is 0 Å². The van der Waals surface area contributed by atoms with Gasteiger partial charge in [0.1, 0.15) is 5.82 Å². The van der Waals surface area contributed by atoms with Crippen molar-refractivity contribution in [3.63, 3.8) is 0 Å². The van der Waals surface area contributed by atoms with E-state index >= 15 is 0 Å². The van der Waals surface area contributed by atoms with E-state index in [2.05, 4.69) is 23.3 Å². The normalized spacial score (nSPS) is 13.8. The van der Waals surface area contributed by atoms with E-state index in [9.17, 15) is 0 Å². The van der Waals surface area contributed by atoms with Gasteiger partial charge in [0.15, 0.2) is 0 Å². The van der Waals surface area contributed by atoms with Gasteiger partial charge >= 0.3 is 0 Å². The van der Waals surface area contributed by atoms with Crippen molar-refractivity contribution in [2.75, 3.05) is 11.5 Å². The highest BCUT2D eigenvalue weighted by molar-refractivity contribution is 7.99. The molecular weight excluding hydrogens is 242 g/mol. The summed E-state index contributed by atoms with van der Waals surface area (Å²) >= 11 is 1.89. The van der Waals surface area contributed by atoms with Gasteiger partial charge < -0.3 is 5.73 Å². The van der Waals surface area contributed by atoms with Gasteiger partial charge in [0.05, 0.1) is 6.54 Å². The molecule has 1 aromatic heterocycles. The van der Waals surface area contributed by atoms with Gasteiger partial charge in [-0.1, -0.05) is 6.07 Å². The molecule has 0 aliphatic heterocycles. The molecule has 0 fully saturated rings. The summed E-state index contributed by atoms with van der Waals surface area (Å²) in [5, 5.41) is 4.18. The predicted octanol–water partition coefficient (Wildman–Crippen LogP) is 2.75. The summed E-state index contributed by atoms with van der Waals surface area (Å²) in [5.41, 5.74) is 8.67. The molecule has 0 amide bonds. The van der Waals surface area contributed by atoms with Crippen LogP contribution in [0.25, 0.3) is 0 Å². The van der Waals surface area contributed by atoms with Gasteiger partial charge in [-0.05, 0) is 48.6 Å². The van der Waals surface area contributed by atoms with Crippen LogP contribution in [0.5, 0.6) is 0 Å². The lowest BCUT2D eigenvalue weighted by Crippen LogP contribution is -2.01. The molecule has 2 aromatic rings. The highest BCUT2D eigenvalue weighted by Gasteiger charge is 2.10. The number of anilines is 1. The second-order valence-electron chi connectivity index (χ2n) is 4.64. The molecule has 0 unspecified atom stereocenters. The zero-order valence-electron chi connectivity index (χ0n) is 10.3. The molecule has 18 heavy (non-hydrogen) atoms. The third-order valence-electron chi connectivity index (χ3n) is 3.32. The maximum Gasteiger partial charge on any atom is 0.145 e. The van der Waals surface area contributed by atoms with E-state index in [1.54, 1.807) is 11.1 Å². The zero-order valence-corrected chi connectivity index (χ0v) is 11.1. The smallest absolute Gasteiger partial charge is 0.145 e. The van der Waals surface area contributed by atoms with Crippen LogP contribution in [0, 0.1) is 0 Å². The summed E-state index contributed by atoms with van der Waals surface area (Å²) < 4.78 is 1.90. The van der Waals surface area contributed by atoms with Gasteiger partial charge in [0.2, 0.25) is 0 Å². The Labute approximate surface area is 111 Å². The van der Waals surface area contributed by atoms with Gasteiger partial charge in [0.25, 0.3) is 0 Å². The molecule has 0 bridgehead atoms. The van der Waals surface area contributed by atoms with Crippen molar-refractivity contribution >= 4 is 17.6 Å². The van der Waals surface area contributed by atoms with Crippen LogP contribution in [0.3, 0.4) is 0 Å². The van der Waals surface area contributed by atoms with Crippen LogP contribution < -0.4 is 5.73 Å². The molecule has 0 saturated carbocycles. The summed E-state index contributed by atoms with van der Waals surface area (Å²) in [4.78, 5) is 1.37. The summed E-state index contributed by atoms with van der Waals surface area (Å²) in [5.74, 6) is 1.62. The zero-order chi connectivity index (χ0) is 12.4. The van der Waals surface area contributed by atoms with Gasteiger partial charge in [0, 0.05) is 16.8 Å². The number of nitrogens with two attached hydrogens (primary N) is 1. The number of aryl methyl sites for hydroxylation is 3. The minimum absolute atomic E-state index is 0.595. The van der Waals surface area contributed by atoms with Crippen LogP contribution in [-0.4, -0.2) is 15.5 Å². The maximum atomic E-state index is 5.58. The fourth-order valence-electron chi connectivity index (χ4n) is 2.40. The Morgan fingerprint density at radius 1 is 1.22 bits per heavy atom. The average Bonchev–Trinajstić information content (AvgIpc) is 2.97. The maximum absolute atomic E-state index is 5.58. The highest BCUT2D eigenvalue weighted by atomic mass is 32.2. The van der Waals surface area contributed by atoms with E-state index < -0.39 is 0 Å². The predicted molar refractivity (Wildman–Crippen MR) is 75.8 cm³/mol. The van der Waals surface area contributed by atoms with Gasteiger partial charge in [-0.25, -0.2) is 0 Å². The molecule has 1 aliphatic carbocycles. The lowest BCUT2D eigenvalue weighted by atomic mass is 10.1. The third kappa shape index (κ3) is 2.53. The molecule has 94 valence electrons. The quantitative estimate of drug-likeness (QED) is 0.859. The molecular formula is C14H17N3S. The van der Waals surface area contributed by atoms with E-state index in [4.69, 9.17) is 5.73 Å². The number of aromatic nitrogens is 2. The lowest BCUT2D eigenvalue weighted by molar-refractivity contribution is 0.669. The molecule has 1 aromatic carbocycles. The standard InChI is InChI=1S/C14H17N3S/c15-14-6-7-17(16-14)8-9-18-13-5-4-11-2-1-3-12(11)10-13/h4-7,10H,1-3,8-9H2,(H2,15,16). The van der Waals surface area contributed by atoms with Crippen molar-refractivity contribution in [3.05, 3.63) is 41.6 Å². The van der Waals surface area contributed by atoms with Crippen LogP contribution in [0.15, 0.2) is 35.4 Å². The van der Waals surface area contributed by atoms with Crippen molar-refractivity contribution in [1.29, 1.82) is 0 Å². The average molecular weight is 259 g/mol. The fourth-order valence-corrected chi connectivity index (χ4v) is 3.30. The second-order valence-corrected chi connectivity index (χ2v) is 5.80. The van der Waals surface area contributed by atoms with E-state index in [1.807, 2.05) is 28.7 Å². The Bertz CT molecular complexity index is 548. The molecule has 4 heteroatoms. The SMILES string of the molecule is Nc1ccn(CCSc2ccc3c(c2)CCC3)n1. The lowest BCUT2D eigenvalue weighted by Gasteiger charge is -2.05. The first kappa shape index (κ1) is 11.7. The largest absolute Gasteiger partial charge is 0.382 e. The number of hydrogen-bond acceptors (Lipinski definition) is 3. The molecule has 0 spiro atoms. The molecule has 0 atom stereocenters. The van der Waals surface area contributed by atoms with E-state index in [0.717, 1.165) is 12.3 Å². The second kappa shape index (κ2) is 5.06. The number of thioether (sulfide) groups is 1. The third-order valence-corrected chi connectivity index (χ3v) is 4.29. The molecule has 1 heterocycles. The monoisotopic (exact) mass is 259 g/mol. The van der Waals surface area contributed by atoms with Crippen molar-refractivity contribution in [2.24, 2.45) is 0 Å². The van der Waals surface area contributed by atoms with Gasteiger partial charge in [-0.15, -0.1) is 11.8 Å². The summed E-state index contributed by atoms with van der Waals surface area (Å²) in [6.45, 7) is 0.902. The molecule has 0 saturated heterocycles. The van der Waals surface area contributed by atoms with E-state index in [1.165, 1.54) is 24.2 Å². The first-order valence-corrected chi connectivity index (χ1v) is 7.33. The number of fused-ring (bicyclic) bond motifs is 1. The van der Waals surface area contributed by atoms with Crippen molar-refractivity contribution < 1.29 is 0 Å². The summed E-state index contributed by atoms with van der Waals surface area (Å²) in [6.07, 6.45) is 5.75. The van der Waals surface area contributed by atoms with E-state index in [-0.39, 0.29) is 0 Å². The fraction of sp³-hybridized carbons (Fsp3) is 0.357. The van der Waals surface area contributed by atoms with Crippen LogP contribution >= 0.6 is 11.8 Å². The molecule has 2 N–H and O–H groups in total. The minimum Gasteiger partial charge on any atom is -0.382 e. The minimum atomic E-state index is 0.595. The van der Waals surface area contributed by atoms with E-state index in [0.29, 0.717) is 5.82 Å². The summed E-state index contributed by atoms with van der Waals surface area (Å²) in [7, 11) is 0.